The third-order valence-corrected chi connectivity index (χ3v) is 4.61. The number of hydrogen-bond donors (Lipinski definition) is 0. The minimum Gasteiger partial charge on any atom is -0.300 e. The van der Waals surface area contributed by atoms with E-state index in [-0.39, 0.29) is 0 Å². The smallest absolute Gasteiger partial charge is 0.132 e. The Morgan fingerprint density at radius 1 is 1.35 bits per heavy atom. The molecule has 1 aromatic carbocycles. The summed E-state index contributed by atoms with van der Waals surface area (Å²) in [4.78, 5) is 12.9. The molecule has 0 aliphatic carbocycles. The van der Waals surface area contributed by atoms with Crippen LogP contribution in [-0.2, 0) is 11.2 Å². The summed E-state index contributed by atoms with van der Waals surface area (Å²) in [6.45, 7) is 2.07. The average molecular weight is 248 g/mol. The lowest BCUT2D eigenvalue weighted by molar-refractivity contribution is -0.119. The highest BCUT2D eigenvalue weighted by atomic mass is 32.2. The lowest BCUT2D eigenvalue weighted by atomic mass is 10.0. The summed E-state index contributed by atoms with van der Waals surface area (Å²) in [5.74, 6) is 0.438. The zero-order chi connectivity index (χ0) is 12.1. The average Bonchev–Trinajstić information content (AvgIpc) is 2.71. The number of benzene rings is 1. The van der Waals surface area contributed by atoms with Gasteiger partial charge in [0.05, 0.1) is 0 Å². The summed E-state index contributed by atoms with van der Waals surface area (Å²) in [6, 6.07) is 8.67. The van der Waals surface area contributed by atoms with Gasteiger partial charge in [0, 0.05) is 23.0 Å². The summed E-state index contributed by atoms with van der Waals surface area (Å²) in [5.41, 5.74) is 1.49. The van der Waals surface area contributed by atoms with Gasteiger partial charge in [-0.2, -0.15) is 0 Å². The lowest BCUT2D eigenvalue weighted by Gasteiger charge is -2.07. The summed E-state index contributed by atoms with van der Waals surface area (Å²) in [7, 11) is 0. The van der Waals surface area contributed by atoms with Crippen LogP contribution in [0, 0.1) is 0 Å². The van der Waals surface area contributed by atoms with Crippen molar-refractivity contribution in [1.82, 2.24) is 0 Å². The van der Waals surface area contributed by atoms with Crippen molar-refractivity contribution in [2.24, 2.45) is 0 Å². The monoisotopic (exact) mass is 248 g/mol. The molecule has 0 bridgehead atoms. The number of Topliss-reactive ketones (excluding diaryl/α,β-unsaturated/α-hetero) is 1. The normalized spacial score (nSPS) is 18.1. The van der Waals surface area contributed by atoms with Gasteiger partial charge in [-0.25, -0.2) is 0 Å². The highest BCUT2D eigenvalue weighted by Crippen LogP contribution is 2.38. The van der Waals surface area contributed by atoms with Crippen molar-refractivity contribution in [3.05, 3.63) is 29.8 Å². The van der Waals surface area contributed by atoms with Gasteiger partial charge in [-0.15, -0.1) is 11.8 Å². The Bertz CT molecular complexity index is 361. The van der Waals surface area contributed by atoms with Gasteiger partial charge in [0.25, 0.3) is 0 Å². The first-order valence-electron chi connectivity index (χ1n) is 6.56. The summed E-state index contributed by atoms with van der Waals surface area (Å²) >= 11 is 1.99. The van der Waals surface area contributed by atoms with Crippen LogP contribution in [0.2, 0.25) is 0 Å². The SMILES string of the molecule is CCCC(=O)CCCC1Cc2ccccc2S1. The van der Waals surface area contributed by atoms with E-state index in [2.05, 4.69) is 31.2 Å². The number of hydrogen-bond acceptors (Lipinski definition) is 2. The van der Waals surface area contributed by atoms with E-state index in [1.54, 1.807) is 0 Å². The molecule has 1 atom stereocenters. The molecule has 0 radical (unpaired) electrons. The molecule has 2 rings (SSSR count). The molecule has 92 valence electrons. The van der Waals surface area contributed by atoms with Gasteiger partial charge in [-0.05, 0) is 37.3 Å². The number of carbonyl (C=O) groups is 1. The van der Waals surface area contributed by atoms with Crippen LogP contribution in [0.25, 0.3) is 0 Å². The Hall–Kier alpha value is -0.760. The van der Waals surface area contributed by atoms with Gasteiger partial charge in [-0.1, -0.05) is 25.1 Å². The molecule has 1 nitrogen and oxygen atoms in total. The molecular formula is C15H20OS. The van der Waals surface area contributed by atoms with Crippen LogP contribution >= 0.6 is 11.8 Å². The molecule has 17 heavy (non-hydrogen) atoms. The first-order valence-corrected chi connectivity index (χ1v) is 7.44. The fourth-order valence-electron chi connectivity index (χ4n) is 2.35. The van der Waals surface area contributed by atoms with Gasteiger partial charge < -0.3 is 0 Å². The standard InChI is InChI=1S/C15H20OS/c1-2-6-13(16)8-5-9-14-11-12-7-3-4-10-15(12)17-14/h3-4,7,10,14H,2,5-6,8-9,11H2,1H3. The van der Waals surface area contributed by atoms with Crippen LogP contribution < -0.4 is 0 Å². The molecule has 0 fully saturated rings. The van der Waals surface area contributed by atoms with E-state index in [4.69, 9.17) is 0 Å². The fourth-order valence-corrected chi connectivity index (χ4v) is 3.71. The molecule has 0 N–H and O–H groups in total. The summed E-state index contributed by atoms with van der Waals surface area (Å²) in [6.07, 6.45) is 5.95. The fraction of sp³-hybridized carbons (Fsp3) is 0.533. The lowest BCUT2D eigenvalue weighted by Crippen LogP contribution is -2.03. The van der Waals surface area contributed by atoms with Crippen molar-refractivity contribution in [2.75, 3.05) is 0 Å². The van der Waals surface area contributed by atoms with E-state index in [0.717, 1.165) is 25.7 Å². The number of carbonyl (C=O) groups excluding carboxylic acids is 1. The van der Waals surface area contributed by atoms with Crippen LogP contribution in [0.4, 0.5) is 0 Å². The number of thioether (sulfide) groups is 1. The second-order valence-electron chi connectivity index (χ2n) is 4.73. The number of ketones is 1. The largest absolute Gasteiger partial charge is 0.300 e. The molecule has 1 aliphatic heterocycles. The van der Waals surface area contributed by atoms with E-state index < -0.39 is 0 Å². The molecule has 1 heterocycles. The van der Waals surface area contributed by atoms with E-state index >= 15 is 0 Å². The molecule has 2 heteroatoms. The van der Waals surface area contributed by atoms with Gasteiger partial charge in [0.15, 0.2) is 0 Å². The van der Waals surface area contributed by atoms with Crippen molar-refractivity contribution in [3.63, 3.8) is 0 Å². The molecule has 1 aromatic rings. The molecule has 0 aromatic heterocycles. The van der Waals surface area contributed by atoms with Crippen LogP contribution in [0.1, 0.15) is 44.6 Å². The van der Waals surface area contributed by atoms with Crippen molar-refractivity contribution in [3.8, 4) is 0 Å². The predicted molar refractivity (Wildman–Crippen MR) is 73.6 cm³/mol. The first-order chi connectivity index (χ1) is 8.29. The van der Waals surface area contributed by atoms with E-state index in [9.17, 15) is 4.79 Å². The van der Waals surface area contributed by atoms with Crippen LogP contribution in [-0.4, -0.2) is 11.0 Å². The molecule has 1 unspecified atom stereocenters. The minimum atomic E-state index is 0.438. The molecule has 0 saturated carbocycles. The molecule has 0 saturated heterocycles. The maximum Gasteiger partial charge on any atom is 0.132 e. The van der Waals surface area contributed by atoms with Gasteiger partial charge in [-0.3, -0.25) is 4.79 Å². The maximum absolute atomic E-state index is 11.4. The highest BCUT2D eigenvalue weighted by molar-refractivity contribution is 8.00. The Balaban J connectivity index is 1.72. The van der Waals surface area contributed by atoms with Crippen molar-refractivity contribution in [2.45, 2.75) is 55.6 Å². The van der Waals surface area contributed by atoms with Crippen LogP contribution in [0.3, 0.4) is 0 Å². The van der Waals surface area contributed by atoms with Crippen molar-refractivity contribution in [1.29, 1.82) is 0 Å². The molecule has 0 amide bonds. The van der Waals surface area contributed by atoms with Gasteiger partial charge >= 0.3 is 0 Å². The third kappa shape index (κ3) is 3.60. The van der Waals surface area contributed by atoms with Crippen molar-refractivity contribution >= 4 is 17.5 Å². The van der Waals surface area contributed by atoms with Crippen LogP contribution in [0.15, 0.2) is 29.2 Å². The highest BCUT2D eigenvalue weighted by Gasteiger charge is 2.21. The molecule has 0 spiro atoms. The quantitative estimate of drug-likeness (QED) is 0.749. The maximum atomic E-state index is 11.4. The third-order valence-electron chi connectivity index (χ3n) is 3.22. The summed E-state index contributed by atoms with van der Waals surface area (Å²) < 4.78 is 0. The second kappa shape index (κ2) is 6.25. The predicted octanol–water partition coefficient (Wildman–Crippen LogP) is 4.24. The number of fused-ring (bicyclic) bond motifs is 1. The Labute approximate surface area is 108 Å². The Morgan fingerprint density at radius 2 is 2.18 bits per heavy atom. The summed E-state index contributed by atoms with van der Waals surface area (Å²) in [5, 5.41) is 0.696. The van der Waals surface area contributed by atoms with E-state index in [1.807, 2.05) is 11.8 Å². The van der Waals surface area contributed by atoms with Gasteiger partial charge in [0.2, 0.25) is 0 Å². The molecular weight excluding hydrogens is 228 g/mol. The second-order valence-corrected chi connectivity index (χ2v) is 6.07. The Kier molecular flexibility index (Phi) is 4.66. The van der Waals surface area contributed by atoms with Gasteiger partial charge in [0.1, 0.15) is 5.78 Å². The topological polar surface area (TPSA) is 17.1 Å². The zero-order valence-electron chi connectivity index (χ0n) is 10.4. The minimum absolute atomic E-state index is 0.438. The number of rotatable bonds is 6. The zero-order valence-corrected chi connectivity index (χ0v) is 11.3. The Morgan fingerprint density at radius 3 is 2.94 bits per heavy atom. The van der Waals surface area contributed by atoms with Crippen LogP contribution in [0.5, 0.6) is 0 Å². The van der Waals surface area contributed by atoms with Crippen molar-refractivity contribution < 1.29 is 4.79 Å². The van der Waals surface area contributed by atoms with E-state index in [0.29, 0.717) is 11.0 Å². The first kappa shape index (κ1) is 12.7. The molecule has 1 aliphatic rings. The van der Waals surface area contributed by atoms with E-state index in [1.165, 1.54) is 23.3 Å².